The summed E-state index contributed by atoms with van der Waals surface area (Å²) >= 11 is 0. The van der Waals surface area contributed by atoms with Crippen molar-refractivity contribution in [1.29, 1.82) is 0 Å². The summed E-state index contributed by atoms with van der Waals surface area (Å²) in [5.41, 5.74) is 2.96. The highest BCUT2D eigenvalue weighted by molar-refractivity contribution is 5.20. The van der Waals surface area contributed by atoms with Gasteiger partial charge in [0.1, 0.15) is 0 Å². The van der Waals surface area contributed by atoms with Crippen LogP contribution in [0.4, 0.5) is 0 Å². The van der Waals surface area contributed by atoms with Crippen molar-refractivity contribution in [3.05, 3.63) is 36.5 Å². The molecule has 2 aliphatic carbocycles. The Bertz CT molecular complexity index is 456. The zero-order valence-electron chi connectivity index (χ0n) is 14.3. The first-order chi connectivity index (χ1) is 9.73. The van der Waals surface area contributed by atoms with E-state index < -0.39 is 0 Å². The first kappa shape index (κ1) is 16.5. The molecule has 2 saturated carbocycles. The van der Waals surface area contributed by atoms with Crippen molar-refractivity contribution in [3.63, 3.8) is 0 Å². The summed E-state index contributed by atoms with van der Waals surface area (Å²) in [6, 6.07) is 0. The third kappa shape index (κ3) is 2.77. The molecule has 2 rings (SSSR count). The first-order valence-electron chi connectivity index (χ1n) is 8.38. The maximum absolute atomic E-state index is 10.5. The van der Waals surface area contributed by atoms with Crippen LogP contribution >= 0.6 is 0 Å². The molecule has 4 atom stereocenters. The fourth-order valence-corrected chi connectivity index (χ4v) is 4.99. The molecule has 0 spiro atoms. The van der Waals surface area contributed by atoms with E-state index in [4.69, 9.17) is 0 Å². The second kappa shape index (κ2) is 5.76. The summed E-state index contributed by atoms with van der Waals surface area (Å²) in [4.78, 5) is 0. The van der Waals surface area contributed by atoms with Crippen LogP contribution in [0.5, 0.6) is 0 Å². The van der Waals surface area contributed by atoms with Crippen molar-refractivity contribution >= 4 is 0 Å². The number of rotatable bonds is 3. The van der Waals surface area contributed by atoms with E-state index in [9.17, 15) is 5.11 Å². The summed E-state index contributed by atoms with van der Waals surface area (Å²) in [6.07, 6.45) is 9.49. The minimum absolute atomic E-state index is 0.0170. The molecule has 0 aromatic heterocycles. The fourth-order valence-electron chi connectivity index (χ4n) is 4.99. The molecular formula is C20H32O. The average Bonchev–Trinajstić information content (AvgIpc) is 2.42. The van der Waals surface area contributed by atoms with Gasteiger partial charge in [0.25, 0.3) is 0 Å². The number of hydrogen-bond acceptors (Lipinski definition) is 1. The molecule has 1 N–H and O–H groups in total. The van der Waals surface area contributed by atoms with E-state index in [1.807, 2.05) is 6.08 Å². The second-order valence-electron chi connectivity index (χ2n) is 8.07. The molecule has 0 bridgehead atoms. The summed E-state index contributed by atoms with van der Waals surface area (Å²) in [5.74, 6) is 1.12. The lowest BCUT2D eigenvalue weighted by atomic mass is 9.46. The number of fused-ring (bicyclic) bond motifs is 1. The fraction of sp³-hybridized carbons (Fsp3) is 0.700. The third-order valence-electron chi connectivity index (χ3n) is 6.55. The van der Waals surface area contributed by atoms with Crippen LogP contribution in [-0.2, 0) is 0 Å². The van der Waals surface area contributed by atoms with Crippen LogP contribution in [0.2, 0.25) is 0 Å². The number of allylic oxidation sites excluding steroid dienone is 4. The van der Waals surface area contributed by atoms with E-state index in [0.717, 1.165) is 25.7 Å². The lowest BCUT2D eigenvalue weighted by molar-refractivity contribution is -0.123. The van der Waals surface area contributed by atoms with Crippen LogP contribution in [-0.4, -0.2) is 11.2 Å². The van der Waals surface area contributed by atoms with Gasteiger partial charge in [-0.15, -0.1) is 0 Å². The van der Waals surface area contributed by atoms with Crippen molar-refractivity contribution < 1.29 is 5.11 Å². The second-order valence-corrected chi connectivity index (χ2v) is 8.07. The van der Waals surface area contributed by atoms with Gasteiger partial charge < -0.3 is 5.11 Å². The Morgan fingerprint density at radius 2 is 2.00 bits per heavy atom. The monoisotopic (exact) mass is 288 g/mol. The molecule has 0 aromatic carbocycles. The number of aliphatic hydroxyl groups is 1. The Hall–Kier alpha value is -0.820. The molecule has 0 amide bonds. The van der Waals surface area contributed by atoms with Gasteiger partial charge in [0.05, 0.1) is 6.10 Å². The molecule has 0 radical (unpaired) electrons. The Balaban J connectivity index is 2.32. The summed E-state index contributed by atoms with van der Waals surface area (Å²) in [7, 11) is 0. The normalized spacial score (nSPS) is 39.8. The van der Waals surface area contributed by atoms with Crippen LogP contribution in [0, 0.1) is 22.7 Å². The molecule has 0 aliphatic heterocycles. The predicted molar refractivity (Wildman–Crippen MR) is 91.1 cm³/mol. The Labute approximate surface area is 130 Å². The molecule has 1 heteroatoms. The van der Waals surface area contributed by atoms with Crippen LogP contribution in [0.3, 0.4) is 0 Å². The van der Waals surface area contributed by atoms with Gasteiger partial charge >= 0.3 is 0 Å². The van der Waals surface area contributed by atoms with Gasteiger partial charge in [-0.05, 0) is 61.7 Å². The van der Waals surface area contributed by atoms with Crippen molar-refractivity contribution in [2.75, 3.05) is 0 Å². The van der Waals surface area contributed by atoms with Crippen LogP contribution in [0.25, 0.3) is 0 Å². The minimum atomic E-state index is -0.159. The van der Waals surface area contributed by atoms with Crippen LogP contribution in [0.15, 0.2) is 36.5 Å². The highest BCUT2D eigenvalue weighted by atomic mass is 16.3. The maximum Gasteiger partial charge on any atom is 0.0594 e. The van der Waals surface area contributed by atoms with E-state index in [1.54, 1.807) is 0 Å². The van der Waals surface area contributed by atoms with Gasteiger partial charge in [0.2, 0.25) is 0 Å². The van der Waals surface area contributed by atoms with E-state index >= 15 is 0 Å². The van der Waals surface area contributed by atoms with Gasteiger partial charge in [-0.1, -0.05) is 57.2 Å². The van der Waals surface area contributed by atoms with Crippen molar-refractivity contribution in [2.24, 2.45) is 22.7 Å². The average molecular weight is 288 g/mol. The number of hydrogen-bond donors (Lipinski definition) is 1. The maximum atomic E-state index is 10.5. The zero-order valence-corrected chi connectivity index (χ0v) is 14.3. The molecule has 2 fully saturated rings. The lowest BCUT2D eigenvalue weighted by Gasteiger charge is -2.59. The van der Waals surface area contributed by atoms with Gasteiger partial charge in [0.15, 0.2) is 0 Å². The SMILES string of the molecule is C=C/C(C)=C/C[C@H]1C(=C)CC[C@H]2C(C)(C)[C@@H](O)CC[C@]12C. The van der Waals surface area contributed by atoms with Gasteiger partial charge in [-0.2, -0.15) is 0 Å². The zero-order chi connectivity index (χ0) is 15.8. The molecule has 2 aliphatic rings. The Morgan fingerprint density at radius 3 is 2.62 bits per heavy atom. The van der Waals surface area contributed by atoms with Gasteiger partial charge in [0, 0.05) is 0 Å². The van der Waals surface area contributed by atoms with Gasteiger partial charge in [-0.3, -0.25) is 0 Å². The molecular weight excluding hydrogens is 256 g/mol. The minimum Gasteiger partial charge on any atom is -0.393 e. The summed E-state index contributed by atoms with van der Waals surface area (Å²) in [5, 5.41) is 10.5. The molecule has 0 heterocycles. The third-order valence-corrected chi connectivity index (χ3v) is 6.55. The molecule has 1 nitrogen and oxygen atoms in total. The lowest BCUT2D eigenvalue weighted by Crippen LogP contribution is -2.54. The van der Waals surface area contributed by atoms with E-state index in [2.05, 4.69) is 46.9 Å². The topological polar surface area (TPSA) is 20.2 Å². The first-order valence-corrected chi connectivity index (χ1v) is 8.38. The molecule has 0 saturated heterocycles. The van der Waals surface area contributed by atoms with Crippen molar-refractivity contribution in [2.45, 2.75) is 65.9 Å². The highest BCUT2D eigenvalue weighted by Gasteiger charge is 2.55. The summed E-state index contributed by atoms with van der Waals surface area (Å²) < 4.78 is 0. The molecule has 118 valence electrons. The predicted octanol–water partition coefficient (Wildman–Crippen LogP) is 5.28. The number of aliphatic hydroxyl groups excluding tert-OH is 1. The van der Waals surface area contributed by atoms with E-state index in [1.165, 1.54) is 17.6 Å². The molecule has 21 heavy (non-hydrogen) atoms. The largest absolute Gasteiger partial charge is 0.393 e. The van der Waals surface area contributed by atoms with Crippen molar-refractivity contribution in [3.8, 4) is 0 Å². The summed E-state index contributed by atoms with van der Waals surface area (Å²) in [6.45, 7) is 17.3. The van der Waals surface area contributed by atoms with Crippen LogP contribution in [0.1, 0.15) is 59.8 Å². The van der Waals surface area contributed by atoms with E-state index in [0.29, 0.717) is 11.8 Å². The smallest absolute Gasteiger partial charge is 0.0594 e. The van der Waals surface area contributed by atoms with Crippen molar-refractivity contribution in [1.82, 2.24) is 0 Å². The Morgan fingerprint density at radius 1 is 1.33 bits per heavy atom. The standard InChI is InChI=1S/C20H32O/c1-7-14(2)8-10-16-15(3)9-11-17-19(4,5)18(21)12-13-20(16,17)6/h7-8,16-18,21H,1,3,9-13H2,2,4-6H3/b14-8+/t16-,17-,18-,20+/m0/s1. The van der Waals surface area contributed by atoms with Gasteiger partial charge in [-0.25, -0.2) is 0 Å². The Kier molecular flexibility index (Phi) is 4.54. The highest BCUT2D eigenvalue weighted by Crippen LogP contribution is 2.61. The quantitative estimate of drug-likeness (QED) is 0.553. The molecule has 0 aromatic rings. The van der Waals surface area contributed by atoms with Crippen LogP contribution < -0.4 is 0 Å². The molecule has 0 unspecified atom stereocenters. The van der Waals surface area contributed by atoms with E-state index in [-0.39, 0.29) is 16.9 Å².